The highest BCUT2D eigenvalue weighted by Crippen LogP contribution is 2.36. The summed E-state index contributed by atoms with van der Waals surface area (Å²) in [5.74, 6) is 0.188. The highest BCUT2D eigenvalue weighted by molar-refractivity contribution is 6.06. The molecule has 0 spiro atoms. The van der Waals surface area contributed by atoms with Gasteiger partial charge in [0.05, 0.1) is 11.0 Å². The summed E-state index contributed by atoms with van der Waals surface area (Å²) < 4.78 is 2.13. The van der Waals surface area contributed by atoms with Crippen LogP contribution in [0.4, 0.5) is 5.95 Å². The molecule has 1 saturated heterocycles. The van der Waals surface area contributed by atoms with Crippen molar-refractivity contribution in [3.05, 3.63) is 59.2 Å². The Hall–Kier alpha value is -3.68. The number of benzene rings is 2. The molecule has 0 aliphatic carbocycles. The Morgan fingerprint density at radius 2 is 1.71 bits per heavy atom. The highest BCUT2D eigenvalue weighted by Gasteiger charge is 2.27. The van der Waals surface area contributed by atoms with Gasteiger partial charge in [-0.05, 0) is 68.4 Å². The molecule has 8 heteroatoms. The third kappa shape index (κ3) is 4.27. The van der Waals surface area contributed by atoms with Gasteiger partial charge in [-0.1, -0.05) is 18.2 Å². The molecule has 176 valence electrons. The standard InChI is InChI=1S/C26H29N5O3/c1-16-6-2-3-12-28-24(33)18-7-4-8-19(14-18)25(34)30-26-29-21-10-5-9-20(23(21)31(16)26)17-11-13-27-22(32)15-17/h4-5,7-10,14,16-17H,2-3,6,11-13,15H2,1H3,(H,27,32)(H,28,33)(H,29,30,34)/t16-,17?/m0/s1. The maximum Gasteiger partial charge on any atom is 0.257 e. The van der Waals surface area contributed by atoms with Crippen molar-refractivity contribution in [3.63, 3.8) is 0 Å². The maximum absolute atomic E-state index is 13.2. The summed E-state index contributed by atoms with van der Waals surface area (Å²) in [5.41, 5.74) is 3.76. The molecule has 0 saturated carbocycles. The van der Waals surface area contributed by atoms with Gasteiger partial charge in [0, 0.05) is 36.7 Å². The lowest BCUT2D eigenvalue weighted by atomic mass is 9.89. The van der Waals surface area contributed by atoms with Gasteiger partial charge in [0.1, 0.15) is 0 Å². The third-order valence-corrected chi connectivity index (χ3v) is 6.82. The van der Waals surface area contributed by atoms with E-state index in [0.29, 0.717) is 36.6 Å². The van der Waals surface area contributed by atoms with Crippen LogP contribution >= 0.6 is 0 Å². The molecule has 2 aromatic carbocycles. The number of para-hydroxylation sites is 1. The lowest BCUT2D eigenvalue weighted by Gasteiger charge is -2.25. The van der Waals surface area contributed by atoms with Crippen molar-refractivity contribution < 1.29 is 14.4 Å². The van der Waals surface area contributed by atoms with E-state index in [-0.39, 0.29) is 29.7 Å². The summed E-state index contributed by atoms with van der Waals surface area (Å²) in [5, 5.41) is 8.86. The van der Waals surface area contributed by atoms with Gasteiger partial charge in [-0.3, -0.25) is 19.7 Å². The van der Waals surface area contributed by atoms with Crippen molar-refractivity contribution in [2.75, 3.05) is 18.4 Å². The second kappa shape index (κ2) is 9.29. The Bertz CT molecular complexity index is 1260. The molecule has 0 radical (unpaired) electrons. The van der Waals surface area contributed by atoms with Crippen molar-refractivity contribution in [1.29, 1.82) is 0 Å². The van der Waals surface area contributed by atoms with Crippen LogP contribution in [0.15, 0.2) is 42.5 Å². The SMILES string of the molecule is C[C@H]1CCCCNC(=O)c2cccc(c2)C(=O)Nc2nc3cccc(C4CCNC(=O)C4)c3n21. The number of imidazole rings is 1. The van der Waals surface area contributed by atoms with E-state index in [1.54, 1.807) is 24.3 Å². The van der Waals surface area contributed by atoms with Crippen LogP contribution < -0.4 is 16.0 Å². The molecule has 34 heavy (non-hydrogen) atoms. The predicted octanol–water partition coefficient (Wildman–Crippen LogP) is 3.76. The number of amides is 3. The summed E-state index contributed by atoms with van der Waals surface area (Å²) in [6.07, 6.45) is 3.97. The fourth-order valence-corrected chi connectivity index (χ4v) is 5.04. The zero-order valence-corrected chi connectivity index (χ0v) is 19.3. The lowest BCUT2D eigenvalue weighted by Crippen LogP contribution is -2.32. The third-order valence-electron chi connectivity index (χ3n) is 6.82. The van der Waals surface area contributed by atoms with Crippen LogP contribution in [0, 0.1) is 0 Å². The van der Waals surface area contributed by atoms with Crippen molar-refractivity contribution in [1.82, 2.24) is 20.2 Å². The van der Waals surface area contributed by atoms with E-state index in [0.717, 1.165) is 42.3 Å². The topological polar surface area (TPSA) is 105 Å². The van der Waals surface area contributed by atoms with Gasteiger partial charge < -0.3 is 15.2 Å². The summed E-state index contributed by atoms with van der Waals surface area (Å²) >= 11 is 0. The number of aromatic nitrogens is 2. The fraction of sp³-hybridized carbons (Fsp3) is 0.385. The van der Waals surface area contributed by atoms with E-state index >= 15 is 0 Å². The minimum Gasteiger partial charge on any atom is -0.356 e. The normalized spacial score (nSPS) is 21.7. The predicted molar refractivity (Wildman–Crippen MR) is 130 cm³/mol. The molecule has 2 bridgehead atoms. The van der Waals surface area contributed by atoms with Crippen LogP contribution in [0.5, 0.6) is 0 Å². The number of carbonyl (C=O) groups is 3. The fourth-order valence-electron chi connectivity index (χ4n) is 5.04. The summed E-state index contributed by atoms with van der Waals surface area (Å²) in [6, 6.07) is 12.8. The first kappa shape index (κ1) is 22.1. The van der Waals surface area contributed by atoms with E-state index in [4.69, 9.17) is 4.98 Å². The number of rotatable bonds is 1. The molecule has 1 fully saturated rings. The molecule has 3 N–H and O–H groups in total. The van der Waals surface area contributed by atoms with E-state index in [9.17, 15) is 14.4 Å². The van der Waals surface area contributed by atoms with Crippen molar-refractivity contribution in [2.45, 2.75) is 51.0 Å². The monoisotopic (exact) mass is 459 g/mol. The van der Waals surface area contributed by atoms with Gasteiger partial charge >= 0.3 is 0 Å². The maximum atomic E-state index is 13.2. The number of piperidine rings is 1. The number of nitrogens with one attached hydrogen (secondary N) is 3. The molecular weight excluding hydrogens is 430 g/mol. The van der Waals surface area contributed by atoms with Gasteiger partial charge in [-0.2, -0.15) is 0 Å². The van der Waals surface area contributed by atoms with E-state index < -0.39 is 0 Å². The van der Waals surface area contributed by atoms with E-state index in [2.05, 4.69) is 33.5 Å². The van der Waals surface area contributed by atoms with Crippen LogP contribution in [0.3, 0.4) is 0 Å². The first-order valence-electron chi connectivity index (χ1n) is 12.0. The number of fused-ring (bicyclic) bond motifs is 5. The summed E-state index contributed by atoms with van der Waals surface area (Å²) in [7, 11) is 0. The first-order chi connectivity index (χ1) is 16.5. The summed E-state index contributed by atoms with van der Waals surface area (Å²) in [6.45, 7) is 3.38. The molecular formula is C26H29N5O3. The minimum atomic E-state index is -0.311. The zero-order chi connectivity index (χ0) is 23.7. The van der Waals surface area contributed by atoms with Crippen LogP contribution in [0.25, 0.3) is 11.0 Å². The molecule has 3 heterocycles. The van der Waals surface area contributed by atoms with Crippen LogP contribution in [0.2, 0.25) is 0 Å². The Morgan fingerprint density at radius 3 is 2.53 bits per heavy atom. The highest BCUT2D eigenvalue weighted by atomic mass is 16.2. The van der Waals surface area contributed by atoms with Crippen LogP contribution in [-0.2, 0) is 4.79 Å². The van der Waals surface area contributed by atoms with Crippen LogP contribution in [0.1, 0.15) is 77.3 Å². The zero-order valence-electron chi connectivity index (χ0n) is 19.3. The Balaban J connectivity index is 1.61. The van der Waals surface area contributed by atoms with Gasteiger partial charge in [-0.15, -0.1) is 0 Å². The van der Waals surface area contributed by atoms with Gasteiger partial charge in [-0.25, -0.2) is 4.98 Å². The summed E-state index contributed by atoms with van der Waals surface area (Å²) in [4.78, 5) is 42.6. The molecule has 3 aromatic rings. The lowest BCUT2D eigenvalue weighted by molar-refractivity contribution is -0.122. The minimum absolute atomic E-state index is 0.0669. The number of hydrogen-bond acceptors (Lipinski definition) is 4. The second-order valence-electron chi connectivity index (χ2n) is 9.20. The number of nitrogens with zero attached hydrogens (tertiary/aromatic N) is 2. The van der Waals surface area contributed by atoms with E-state index in [1.807, 2.05) is 12.1 Å². The Morgan fingerprint density at radius 1 is 0.912 bits per heavy atom. The van der Waals surface area contributed by atoms with Gasteiger partial charge in [0.2, 0.25) is 11.9 Å². The molecule has 2 aliphatic rings. The average molecular weight is 460 g/mol. The molecule has 1 unspecified atom stereocenters. The second-order valence-corrected chi connectivity index (χ2v) is 9.20. The molecule has 3 amide bonds. The van der Waals surface area contributed by atoms with Crippen LogP contribution in [-0.4, -0.2) is 40.4 Å². The quantitative estimate of drug-likeness (QED) is 0.515. The largest absolute Gasteiger partial charge is 0.356 e. The number of anilines is 1. The molecule has 2 aliphatic heterocycles. The average Bonchev–Trinajstić information content (AvgIpc) is 3.21. The van der Waals surface area contributed by atoms with E-state index in [1.165, 1.54) is 0 Å². The van der Waals surface area contributed by atoms with Crippen molar-refractivity contribution >= 4 is 34.7 Å². The molecule has 1 aromatic heterocycles. The Labute approximate surface area is 198 Å². The number of hydrogen-bond donors (Lipinski definition) is 3. The van der Waals surface area contributed by atoms with Crippen molar-refractivity contribution in [2.24, 2.45) is 0 Å². The molecule has 8 nitrogen and oxygen atoms in total. The van der Waals surface area contributed by atoms with Gasteiger partial charge in [0.15, 0.2) is 0 Å². The molecule has 5 rings (SSSR count). The molecule has 2 atom stereocenters. The number of carbonyl (C=O) groups excluding carboxylic acids is 3. The Kier molecular flexibility index (Phi) is 6.04. The van der Waals surface area contributed by atoms with Gasteiger partial charge in [0.25, 0.3) is 11.8 Å². The van der Waals surface area contributed by atoms with Crippen molar-refractivity contribution in [3.8, 4) is 0 Å². The first-order valence-corrected chi connectivity index (χ1v) is 12.0. The smallest absolute Gasteiger partial charge is 0.257 e.